The van der Waals surface area contributed by atoms with Gasteiger partial charge in [0.05, 0.1) is 21.1 Å². The van der Waals surface area contributed by atoms with Gasteiger partial charge in [-0.1, -0.05) is 34.8 Å². The highest BCUT2D eigenvalue weighted by Gasteiger charge is 2.54. The molecule has 0 aliphatic heterocycles. The molecule has 5 heteroatoms. The van der Waals surface area contributed by atoms with Gasteiger partial charge >= 0.3 is 0 Å². The lowest BCUT2D eigenvalue weighted by molar-refractivity contribution is -0.140. The van der Waals surface area contributed by atoms with E-state index in [1.165, 1.54) is 19.3 Å². The SMILES string of the molecule is O=C(Nc1c(Cl)cc(Cl)cc1Cl)C12CC3CC(CC(C3)C1)C2. The van der Waals surface area contributed by atoms with Crippen LogP contribution in [0.4, 0.5) is 5.69 Å². The summed E-state index contributed by atoms with van der Waals surface area (Å²) >= 11 is 18.3. The van der Waals surface area contributed by atoms with Crippen LogP contribution in [0.3, 0.4) is 0 Å². The van der Waals surface area contributed by atoms with E-state index in [0.717, 1.165) is 37.0 Å². The van der Waals surface area contributed by atoms with Crippen molar-refractivity contribution in [2.75, 3.05) is 5.32 Å². The number of carbonyl (C=O) groups is 1. The van der Waals surface area contributed by atoms with Gasteiger partial charge in [0.15, 0.2) is 0 Å². The number of amides is 1. The maximum absolute atomic E-state index is 13.0. The zero-order chi connectivity index (χ0) is 15.5. The topological polar surface area (TPSA) is 29.1 Å². The van der Waals surface area contributed by atoms with E-state index in [0.29, 0.717) is 20.8 Å². The second-order valence-electron chi connectivity index (χ2n) is 7.40. The zero-order valence-electron chi connectivity index (χ0n) is 12.2. The monoisotopic (exact) mass is 357 g/mol. The first-order valence-corrected chi connectivity index (χ1v) is 9.04. The highest BCUT2D eigenvalue weighted by Crippen LogP contribution is 2.60. The highest BCUT2D eigenvalue weighted by atomic mass is 35.5. The second-order valence-corrected chi connectivity index (χ2v) is 8.65. The van der Waals surface area contributed by atoms with E-state index >= 15 is 0 Å². The van der Waals surface area contributed by atoms with Crippen LogP contribution in [-0.2, 0) is 4.79 Å². The fourth-order valence-corrected chi connectivity index (χ4v) is 6.21. The normalized spacial score (nSPS) is 35.7. The van der Waals surface area contributed by atoms with Gasteiger partial charge in [-0.3, -0.25) is 4.79 Å². The minimum atomic E-state index is -0.207. The molecule has 2 nitrogen and oxygen atoms in total. The molecule has 22 heavy (non-hydrogen) atoms. The van der Waals surface area contributed by atoms with Crippen molar-refractivity contribution in [3.05, 3.63) is 27.2 Å². The largest absolute Gasteiger partial charge is 0.323 e. The summed E-state index contributed by atoms with van der Waals surface area (Å²) < 4.78 is 0. The van der Waals surface area contributed by atoms with Crippen molar-refractivity contribution in [1.29, 1.82) is 0 Å². The van der Waals surface area contributed by atoms with Crippen LogP contribution in [0.15, 0.2) is 12.1 Å². The molecule has 4 saturated carbocycles. The molecule has 4 bridgehead atoms. The maximum Gasteiger partial charge on any atom is 0.230 e. The van der Waals surface area contributed by atoms with Crippen LogP contribution in [-0.4, -0.2) is 5.91 Å². The van der Waals surface area contributed by atoms with Gasteiger partial charge in [0, 0.05) is 5.02 Å². The quantitative estimate of drug-likeness (QED) is 0.711. The molecule has 0 aromatic heterocycles. The molecular weight excluding hydrogens is 341 g/mol. The summed E-state index contributed by atoms with van der Waals surface area (Å²) in [6.45, 7) is 0. The Balaban J connectivity index is 1.60. The second kappa shape index (κ2) is 5.29. The number of carbonyl (C=O) groups excluding carboxylic acids is 1. The van der Waals surface area contributed by atoms with E-state index in [-0.39, 0.29) is 11.3 Å². The molecule has 4 fully saturated rings. The number of hydrogen-bond donors (Lipinski definition) is 1. The average molecular weight is 359 g/mol. The zero-order valence-corrected chi connectivity index (χ0v) is 14.4. The van der Waals surface area contributed by atoms with Gasteiger partial charge in [0.2, 0.25) is 5.91 Å². The lowest BCUT2D eigenvalue weighted by atomic mass is 9.49. The summed E-state index contributed by atoms with van der Waals surface area (Å²) in [5.74, 6) is 2.28. The third-order valence-corrected chi connectivity index (χ3v) is 6.58. The first-order chi connectivity index (χ1) is 10.4. The molecule has 0 saturated heterocycles. The number of benzene rings is 1. The third kappa shape index (κ3) is 2.44. The van der Waals surface area contributed by atoms with Gasteiger partial charge in [0.1, 0.15) is 0 Å². The van der Waals surface area contributed by atoms with Gasteiger partial charge in [-0.05, 0) is 68.4 Å². The molecule has 1 amide bonds. The van der Waals surface area contributed by atoms with E-state index in [1.54, 1.807) is 12.1 Å². The van der Waals surface area contributed by atoms with E-state index in [2.05, 4.69) is 5.32 Å². The van der Waals surface area contributed by atoms with Crippen LogP contribution < -0.4 is 5.32 Å². The lowest BCUT2D eigenvalue weighted by Gasteiger charge is -2.55. The first kappa shape index (κ1) is 15.1. The van der Waals surface area contributed by atoms with Gasteiger partial charge < -0.3 is 5.32 Å². The molecule has 1 aromatic carbocycles. The molecule has 5 rings (SSSR count). The van der Waals surface area contributed by atoms with Crippen molar-refractivity contribution in [2.24, 2.45) is 23.2 Å². The van der Waals surface area contributed by atoms with Gasteiger partial charge in [-0.25, -0.2) is 0 Å². The Morgan fingerprint density at radius 1 is 0.955 bits per heavy atom. The Labute approximate surface area is 145 Å². The fraction of sp³-hybridized carbons (Fsp3) is 0.588. The van der Waals surface area contributed by atoms with E-state index < -0.39 is 0 Å². The molecule has 118 valence electrons. The van der Waals surface area contributed by atoms with Crippen LogP contribution in [0.25, 0.3) is 0 Å². The summed E-state index contributed by atoms with van der Waals surface area (Å²) in [6, 6.07) is 3.23. The number of hydrogen-bond acceptors (Lipinski definition) is 1. The summed E-state index contributed by atoms with van der Waals surface area (Å²) in [7, 11) is 0. The van der Waals surface area contributed by atoms with Crippen molar-refractivity contribution in [1.82, 2.24) is 0 Å². The Bertz CT molecular complexity index is 585. The van der Waals surface area contributed by atoms with Crippen LogP contribution >= 0.6 is 34.8 Å². The van der Waals surface area contributed by atoms with Gasteiger partial charge in [-0.15, -0.1) is 0 Å². The predicted molar refractivity (Wildman–Crippen MR) is 90.7 cm³/mol. The van der Waals surface area contributed by atoms with E-state index in [1.807, 2.05) is 0 Å². The molecule has 0 unspecified atom stereocenters. The fourth-order valence-electron chi connectivity index (χ4n) is 5.30. The third-order valence-electron chi connectivity index (χ3n) is 5.77. The molecule has 0 atom stereocenters. The minimum Gasteiger partial charge on any atom is -0.323 e. The Morgan fingerprint density at radius 3 is 1.86 bits per heavy atom. The van der Waals surface area contributed by atoms with E-state index in [9.17, 15) is 4.79 Å². The van der Waals surface area contributed by atoms with Crippen LogP contribution in [0.1, 0.15) is 38.5 Å². The number of rotatable bonds is 2. The number of halogens is 3. The van der Waals surface area contributed by atoms with Gasteiger partial charge in [-0.2, -0.15) is 0 Å². The van der Waals surface area contributed by atoms with E-state index in [4.69, 9.17) is 34.8 Å². The maximum atomic E-state index is 13.0. The summed E-state index contributed by atoms with van der Waals surface area (Å²) in [6.07, 6.45) is 7.01. The van der Waals surface area contributed by atoms with Crippen molar-refractivity contribution >= 4 is 46.4 Å². The molecule has 1 N–H and O–H groups in total. The van der Waals surface area contributed by atoms with Crippen molar-refractivity contribution in [3.8, 4) is 0 Å². The first-order valence-electron chi connectivity index (χ1n) is 7.91. The summed E-state index contributed by atoms with van der Waals surface area (Å²) in [5, 5.41) is 4.27. The van der Waals surface area contributed by atoms with Crippen LogP contribution in [0.2, 0.25) is 15.1 Å². The standard InChI is InChI=1S/C17H18Cl3NO/c18-12-4-13(19)15(14(20)5-12)21-16(22)17-6-9-1-10(7-17)3-11(2-9)8-17/h4-5,9-11H,1-3,6-8H2,(H,21,22). The molecule has 4 aliphatic rings. The Hall–Kier alpha value is -0.440. The predicted octanol–water partition coefficient (Wildman–Crippen LogP) is 5.80. The molecule has 1 aromatic rings. The molecule has 0 heterocycles. The Kier molecular flexibility index (Phi) is 3.63. The van der Waals surface area contributed by atoms with Crippen molar-refractivity contribution in [2.45, 2.75) is 38.5 Å². The number of anilines is 1. The molecule has 0 radical (unpaired) electrons. The van der Waals surface area contributed by atoms with Crippen molar-refractivity contribution < 1.29 is 4.79 Å². The van der Waals surface area contributed by atoms with Crippen molar-refractivity contribution in [3.63, 3.8) is 0 Å². The lowest BCUT2D eigenvalue weighted by Crippen LogP contribution is -2.51. The average Bonchev–Trinajstić information content (AvgIpc) is 2.41. The minimum absolute atomic E-state index is 0.0951. The molecule has 4 aliphatic carbocycles. The summed E-state index contributed by atoms with van der Waals surface area (Å²) in [5.41, 5.74) is 0.287. The van der Waals surface area contributed by atoms with Crippen LogP contribution in [0, 0.1) is 23.2 Å². The molecule has 0 spiro atoms. The highest BCUT2D eigenvalue weighted by molar-refractivity contribution is 6.42. The Morgan fingerprint density at radius 2 is 1.41 bits per heavy atom. The van der Waals surface area contributed by atoms with Gasteiger partial charge in [0.25, 0.3) is 0 Å². The smallest absolute Gasteiger partial charge is 0.230 e. The number of nitrogens with one attached hydrogen (secondary N) is 1. The molecular formula is C17H18Cl3NO. The summed E-state index contributed by atoms with van der Waals surface area (Å²) in [4.78, 5) is 13.0. The van der Waals surface area contributed by atoms with Crippen LogP contribution in [0.5, 0.6) is 0 Å².